The lowest BCUT2D eigenvalue weighted by atomic mass is 10.0. The highest BCUT2D eigenvalue weighted by atomic mass is 16.5. The van der Waals surface area contributed by atoms with Crippen molar-refractivity contribution in [3.05, 3.63) is 41.6 Å². The number of hydrogen-bond donors (Lipinski definition) is 0. The van der Waals surface area contributed by atoms with Crippen molar-refractivity contribution in [2.24, 2.45) is 0 Å². The first-order valence-corrected chi connectivity index (χ1v) is 6.68. The second-order valence-corrected chi connectivity index (χ2v) is 4.96. The predicted molar refractivity (Wildman–Crippen MR) is 81.0 cm³/mol. The summed E-state index contributed by atoms with van der Waals surface area (Å²) >= 11 is 0. The van der Waals surface area contributed by atoms with Gasteiger partial charge in [-0.1, -0.05) is 17.7 Å². The van der Waals surface area contributed by atoms with Crippen molar-refractivity contribution < 1.29 is 9.47 Å². The summed E-state index contributed by atoms with van der Waals surface area (Å²) in [5, 5.41) is 0. The number of ether oxygens (including phenoxy) is 2. The highest BCUT2D eigenvalue weighted by Gasteiger charge is 2.12. The van der Waals surface area contributed by atoms with Crippen LogP contribution in [0.25, 0.3) is 17.0 Å². The molecule has 0 saturated carbocycles. The summed E-state index contributed by atoms with van der Waals surface area (Å²) in [5.74, 6) is 1.68. The molecule has 0 N–H and O–H groups in total. The number of rotatable bonds is 3. The van der Waals surface area contributed by atoms with Crippen molar-refractivity contribution in [3.8, 4) is 23.0 Å². The molecular weight excluding hydrogens is 266 g/mol. The van der Waals surface area contributed by atoms with Crippen molar-refractivity contribution >= 4 is 5.78 Å². The zero-order chi connectivity index (χ0) is 15.0. The highest BCUT2D eigenvalue weighted by molar-refractivity contribution is 5.66. The number of hydrogen-bond acceptors (Lipinski definition) is 4. The molecule has 0 unspecified atom stereocenters. The SMILES string of the molecule is COc1cc(OC)n2cc(-c3cc(C)ccc3C)nc2n1. The summed E-state index contributed by atoms with van der Waals surface area (Å²) < 4.78 is 12.4. The molecule has 0 radical (unpaired) electrons. The summed E-state index contributed by atoms with van der Waals surface area (Å²) in [6.07, 6.45) is 1.93. The standard InChI is InChI=1S/C16H17N3O2/c1-10-5-6-11(2)12(7-10)13-9-19-15(21-4)8-14(20-3)18-16(19)17-13/h5-9H,1-4H3. The molecular formula is C16H17N3O2. The molecule has 0 spiro atoms. The molecule has 0 aliphatic rings. The molecule has 0 fully saturated rings. The largest absolute Gasteiger partial charge is 0.482 e. The molecule has 0 bridgehead atoms. The molecule has 1 aromatic carbocycles. The lowest BCUT2D eigenvalue weighted by molar-refractivity contribution is 0.369. The zero-order valence-corrected chi connectivity index (χ0v) is 12.5. The van der Waals surface area contributed by atoms with Crippen LogP contribution < -0.4 is 9.47 Å². The highest BCUT2D eigenvalue weighted by Crippen LogP contribution is 2.27. The Kier molecular flexibility index (Phi) is 3.25. The van der Waals surface area contributed by atoms with Gasteiger partial charge in [0.25, 0.3) is 0 Å². The van der Waals surface area contributed by atoms with E-state index in [0.29, 0.717) is 17.5 Å². The van der Waals surface area contributed by atoms with Gasteiger partial charge >= 0.3 is 0 Å². The molecule has 2 aromatic heterocycles. The van der Waals surface area contributed by atoms with Crippen LogP contribution in [0.15, 0.2) is 30.5 Å². The Morgan fingerprint density at radius 2 is 1.81 bits per heavy atom. The fourth-order valence-corrected chi connectivity index (χ4v) is 2.32. The third-order valence-electron chi connectivity index (χ3n) is 3.47. The van der Waals surface area contributed by atoms with Gasteiger partial charge in [-0.2, -0.15) is 4.98 Å². The van der Waals surface area contributed by atoms with Gasteiger partial charge in [0.05, 0.1) is 26.0 Å². The van der Waals surface area contributed by atoms with Gasteiger partial charge in [-0.25, -0.2) is 4.98 Å². The molecule has 2 heterocycles. The average Bonchev–Trinajstić information content (AvgIpc) is 2.92. The van der Waals surface area contributed by atoms with Crippen LogP contribution in [0.2, 0.25) is 0 Å². The Bertz CT molecular complexity index is 809. The molecule has 0 aliphatic carbocycles. The van der Waals surface area contributed by atoms with Gasteiger partial charge in [-0.05, 0) is 25.5 Å². The minimum absolute atomic E-state index is 0.484. The smallest absolute Gasteiger partial charge is 0.240 e. The summed E-state index contributed by atoms with van der Waals surface area (Å²) in [6, 6.07) is 8.05. The van der Waals surface area contributed by atoms with E-state index < -0.39 is 0 Å². The average molecular weight is 283 g/mol. The zero-order valence-electron chi connectivity index (χ0n) is 12.5. The number of aromatic nitrogens is 3. The molecule has 0 saturated heterocycles. The van der Waals surface area contributed by atoms with Gasteiger partial charge in [-0.15, -0.1) is 0 Å². The maximum absolute atomic E-state index is 5.38. The summed E-state index contributed by atoms with van der Waals surface area (Å²) in [7, 11) is 3.19. The number of fused-ring (bicyclic) bond motifs is 1. The monoisotopic (exact) mass is 283 g/mol. The quantitative estimate of drug-likeness (QED) is 0.741. The van der Waals surface area contributed by atoms with Crippen LogP contribution in [0.3, 0.4) is 0 Å². The first-order chi connectivity index (χ1) is 10.1. The van der Waals surface area contributed by atoms with E-state index in [1.165, 1.54) is 11.1 Å². The molecule has 0 atom stereocenters. The van der Waals surface area contributed by atoms with E-state index >= 15 is 0 Å². The van der Waals surface area contributed by atoms with Gasteiger partial charge in [0.2, 0.25) is 17.5 Å². The molecule has 5 nitrogen and oxygen atoms in total. The Morgan fingerprint density at radius 3 is 2.52 bits per heavy atom. The topological polar surface area (TPSA) is 48.7 Å². The second-order valence-electron chi connectivity index (χ2n) is 4.96. The van der Waals surface area contributed by atoms with E-state index in [1.54, 1.807) is 20.3 Å². The van der Waals surface area contributed by atoms with Crippen molar-refractivity contribution in [3.63, 3.8) is 0 Å². The van der Waals surface area contributed by atoms with Gasteiger partial charge in [0, 0.05) is 11.8 Å². The number of benzene rings is 1. The van der Waals surface area contributed by atoms with Gasteiger partial charge in [-0.3, -0.25) is 4.40 Å². The summed E-state index contributed by atoms with van der Waals surface area (Å²) in [6.45, 7) is 4.14. The van der Waals surface area contributed by atoms with E-state index in [-0.39, 0.29) is 0 Å². The van der Waals surface area contributed by atoms with Crippen LogP contribution in [0.1, 0.15) is 11.1 Å². The van der Waals surface area contributed by atoms with E-state index in [9.17, 15) is 0 Å². The first kappa shape index (κ1) is 13.4. The van der Waals surface area contributed by atoms with Gasteiger partial charge in [0.15, 0.2) is 0 Å². The van der Waals surface area contributed by atoms with Crippen molar-refractivity contribution in [1.29, 1.82) is 0 Å². The first-order valence-electron chi connectivity index (χ1n) is 6.68. The normalized spacial score (nSPS) is 10.9. The molecule has 3 aromatic rings. The maximum atomic E-state index is 5.38. The fraction of sp³-hybridized carbons (Fsp3) is 0.250. The van der Waals surface area contributed by atoms with Crippen LogP contribution in [0.5, 0.6) is 11.8 Å². The Balaban J connectivity index is 2.23. The number of nitrogens with zero attached hydrogens (tertiary/aromatic N) is 3. The molecule has 21 heavy (non-hydrogen) atoms. The number of aryl methyl sites for hydroxylation is 2. The van der Waals surface area contributed by atoms with Gasteiger partial charge < -0.3 is 9.47 Å². The summed E-state index contributed by atoms with van der Waals surface area (Å²) in [5.41, 5.74) is 4.34. The van der Waals surface area contributed by atoms with Crippen LogP contribution in [0.4, 0.5) is 0 Å². The number of imidazole rings is 1. The van der Waals surface area contributed by atoms with Crippen LogP contribution in [-0.2, 0) is 0 Å². The van der Waals surface area contributed by atoms with E-state index in [0.717, 1.165) is 11.3 Å². The van der Waals surface area contributed by atoms with E-state index in [2.05, 4.69) is 42.0 Å². The Hall–Kier alpha value is -2.56. The molecule has 0 amide bonds. The van der Waals surface area contributed by atoms with Crippen molar-refractivity contribution in [2.75, 3.05) is 14.2 Å². The number of methoxy groups -OCH3 is 2. The van der Waals surface area contributed by atoms with E-state index in [4.69, 9.17) is 9.47 Å². The Labute approximate surface area is 123 Å². The van der Waals surface area contributed by atoms with Crippen LogP contribution >= 0.6 is 0 Å². The predicted octanol–water partition coefficient (Wildman–Crippen LogP) is 3.03. The lowest BCUT2D eigenvalue weighted by Gasteiger charge is -2.05. The van der Waals surface area contributed by atoms with Crippen LogP contribution in [-0.4, -0.2) is 28.6 Å². The minimum atomic E-state index is 0.484. The second kappa shape index (κ2) is 5.09. The molecule has 3 rings (SSSR count). The van der Waals surface area contributed by atoms with Crippen molar-refractivity contribution in [2.45, 2.75) is 13.8 Å². The fourth-order valence-electron chi connectivity index (χ4n) is 2.32. The third-order valence-corrected chi connectivity index (χ3v) is 3.47. The van der Waals surface area contributed by atoms with Crippen molar-refractivity contribution in [1.82, 2.24) is 14.4 Å². The van der Waals surface area contributed by atoms with Gasteiger partial charge in [0.1, 0.15) is 0 Å². The molecule has 0 aliphatic heterocycles. The summed E-state index contributed by atoms with van der Waals surface area (Å²) in [4.78, 5) is 8.94. The lowest BCUT2D eigenvalue weighted by Crippen LogP contribution is -1.97. The van der Waals surface area contributed by atoms with E-state index in [1.807, 2.05) is 10.6 Å². The van der Waals surface area contributed by atoms with Crippen LogP contribution in [0, 0.1) is 13.8 Å². The maximum Gasteiger partial charge on any atom is 0.240 e. The molecule has 5 heteroatoms. The minimum Gasteiger partial charge on any atom is -0.482 e. The Morgan fingerprint density at radius 1 is 1.00 bits per heavy atom. The third kappa shape index (κ3) is 2.31. The molecule has 108 valence electrons.